The van der Waals surface area contributed by atoms with Gasteiger partial charge >= 0.3 is 0 Å². The van der Waals surface area contributed by atoms with E-state index in [0.717, 1.165) is 44.0 Å². The molecule has 0 aliphatic carbocycles. The normalized spacial score (nSPS) is 20.9. The summed E-state index contributed by atoms with van der Waals surface area (Å²) in [5.74, 6) is 1.42. The number of aromatic nitrogens is 2. The predicted molar refractivity (Wildman–Crippen MR) is 80.8 cm³/mol. The number of rotatable bonds is 6. The summed E-state index contributed by atoms with van der Waals surface area (Å²) in [5.41, 5.74) is 7.08. The number of methoxy groups -OCH3 is 1. The van der Waals surface area contributed by atoms with Gasteiger partial charge < -0.3 is 15.4 Å². The zero-order chi connectivity index (χ0) is 14.4. The van der Waals surface area contributed by atoms with Crippen molar-refractivity contribution in [1.29, 1.82) is 0 Å². The molecule has 20 heavy (non-hydrogen) atoms. The fourth-order valence-corrected chi connectivity index (χ4v) is 2.68. The van der Waals surface area contributed by atoms with Gasteiger partial charge in [-0.05, 0) is 37.2 Å². The molecule has 1 aromatic heterocycles. The summed E-state index contributed by atoms with van der Waals surface area (Å²) in [5, 5.41) is 0. The number of nitrogens with zero attached hydrogens (tertiary/aromatic N) is 3. The Morgan fingerprint density at radius 3 is 2.85 bits per heavy atom. The van der Waals surface area contributed by atoms with Gasteiger partial charge in [0.2, 0.25) is 5.95 Å². The molecule has 5 nitrogen and oxygen atoms in total. The summed E-state index contributed by atoms with van der Waals surface area (Å²) in [6.45, 7) is 4.94. The van der Waals surface area contributed by atoms with E-state index in [-0.39, 0.29) is 6.04 Å². The van der Waals surface area contributed by atoms with E-state index in [2.05, 4.69) is 21.8 Å². The fourth-order valence-electron chi connectivity index (χ4n) is 2.68. The molecule has 1 aromatic rings. The Labute approximate surface area is 121 Å². The van der Waals surface area contributed by atoms with E-state index in [0.29, 0.717) is 5.92 Å². The summed E-state index contributed by atoms with van der Waals surface area (Å²) in [4.78, 5) is 11.3. The van der Waals surface area contributed by atoms with Crippen LogP contribution in [0.4, 0.5) is 5.95 Å². The van der Waals surface area contributed by atoms with E-state index < -0.39 is 0 Å². The monoisotopic (exact) mass is 278 g/mol. The van der Waals surface area contributed by atoms with Crippen LogP contribution >= 0.6 is 0 Å². The first kappa shape index (κ1) is 15.2. The van der Waals surface area contributed by atoms with Gasteiger partial charge in [0, 0.05) is 38.6 Å². The lowest BCUT2D eigenvalue weighted by Crippen LogP contribution is -2.38. The Balaban J connectivity index is 1.95. The summed E-state index contributed by atoms with van der Waals surface area (Å²) < 4.78 is 5.26. The highest BCUT2D eigenvalue weighted by molar-refractivity contribution is 5.30. The number of hydrogen-bond acceptors (Lipinski definition) is 5. The molecule has 2 heterocycles. The van der Waals surface area contributed by atoms with Crippen molar-refractivity contribution in [2.75, 3.05) is 31.7 Å². The Hall–Kier alpha value is -1.20. The summed E-state index contributed by atoms with van der Waals surface area (Å²) in [6, 6.07) is 0.200. The standard InChI is InChI=1S/C15H26N4O/c1-3-14(16)7-13-8-17-15(18-9-13)19-6-4-5-12(10-19)11-20-2/h8-9,12,14H,3-7,10-11,16H2,1-2H3. The molecule has 0 aromatic carbocycles. The van der Waals surface area contributed by atoms with Crippen LogP contribution in [0.5, 0.6) is 0 Å². The lowest BCUT2D eigenvalue weighted by Gasteiger charge is -2.32. The van der Waals surface area contributed by atoms with Crippen molar-refractivity contribution in [2.24, 2.45) is 11.7 Å². The molecule has 2 atom stereocenters. The highest BCUT2D eigenvalue weighted by Gasteiger charge is 2.21. The summed E-state index contributed by atoms with van der Waals surface area (Å²) >= 11 is 0. The Morgan fingerprint density at radius 1 is 1.45 bits per heavy atom. The van der Waals surface area contributed by atoms with Crippen LogP contribution in [0.3, 0.4) is 0 Å². The Kier molecular flexibility index (Phi) is 5.73. The van der Waals surface area contributed by atoms with Crippen molar-refractivity contribution in [2.45, 2.75) is 38.6 Å². The maximum absolute atomic E-state index is 5.96. The van der Waals surface area contributed by atoms with Crippen molar-refractivity contribution in [1.82, 2.24) is 9.97 Å². The van der Waals surface area contributed by atoms with E-state index in [4.69, 9.17) is 10.5 Å². The summed E-state index contributed by atoms with van der Waals surface area (Å²) in [7, 11) is 1.77. The van der Waals surface area contributed by atoms with Crippen LogP contribution in [-0.2, 0) is 11.2 Å². The third-order valence-corrected chi connectivity index (χ3v) is 3.92. The van der Waals surface area contributed by atoms with Gasteiger partial charge in [-0.3, -0.25) is 0 Å². The predicted octanol–water partition coefficient (Wildman–Crippen LogP) is 1.62. The SMILES string of the molecule is CCC(N)Cc1cnc(N2CCCC(COC)C2)nc1. The Morgan fingerprint density at radius 2 is 2.20 bits per heavy atom. The van der Waals surface area contributed by atoms with Gasteiger partial charge in [-0.1, -0.05) is 6.92 Å². The van der Waals surface area contributed by atoms with Gasteiger partial charge in [-0.15, -0.1) is 0 Å². The van der Waals surface area contributed by atoms with Gasteiger partial charge in [0.25, 0.3) is 0 Å². The molecular formula is C15H26N4O. The van der Waals surface area contributed by atoms with Crippen LogP contribution in [0, 0.1) is 5.92 Å². The molecule has 2 rings (SSSR count). The molecule has 1 aliphatic rings. The van der Waals surface area contributed by atoms with Gasteiger partial charge in [0.05, 0.1) is 6.61 Å². The van der Waals surface area contributed by atoms with Crippen molar-refractivity contribution < 1.29 is 4.74 Å². The van der Waals surface area contributed by atoms with E-state index in [1.807, 2.05) is 12.4 Å². The second-order valence-electron chi connectivity index (χ2n) is 5.67. The van der Waals surface area contributed by atoms with E-state index >= 15 is 0 Å². The van der Waals surface area contributed by atoms with Crippen LogP contribution in [-0.4, -0.2) is 42.8 Å². The Bertz CT molecular complexity index is 393. The second kappa shape index (κ2) is 7.55. The largest absolute Gasteiger partial charge is 0.384 e. The average Bonchev–Trinajstić information content (AvgIpc) is 2.48. The van der Waals surface area contributed by atoms with Crippen LogP contribution in [0.15, 0.2) is 12.4 Å². The van der Waals surface area contributed by atoms with Gasteiger partial charge in [0.1, 0.15) is 0 Å². The maximum atomic E-state index is 5.96. The number of nitrogens with two attached hydrogens (primary N) is 1. The topological polar surface area (TPSA) is 64.3 Å². The third kappa shape index (κ3) is 4.15. The van der Waals surface area contributed by atoms with Crippen LogP contribution in [0.2, 0.25) is 0 Å². The van der Waals surface area contributed by atoms with E-state index in [1.165, 1.54) is 12.8 Å². The smallest absolute Gasteiger partial charge is 0.225 e. The van der Waals surface area contributed by atoms with E-state index in [9.17, 15) is 0 Å². The molecule has 112 valence electrons. The fraction of sp³-hybridized carbons (Fsp3) is 0.733. The van der Waals surface area contributed by atoms with Gasteiger partial charge in [-0.25, -0.2) is 9.97 Å². The minimum atomic E-state index is 0.200. The first-order valence-electron chi connectivity index (χ1n) is 7.53. The van der Waals surface area contributed by atoms with Crippen LogP contribution in [0.25, 0.3) is 0 Å². The number of piperidine rings is 1. The van der Waals surface area contributed by atoms with E-state index in [1.54, 1.807) is 7.11 Å². The van der Waals surface area contributed by atoms with Gasteiger partial charge in [-0.2, -0.15) is 0 Å². The third-order valence-electron chi connectivity index (χ3n) is 3.92. The minimum absolute atomic E-state index is 0.200. The number of ether oxygens (including phenoxy) is 1. The molecule has 1 aliphatic heterocycles. The molecule has 0 radical (unpaired) electrons. The molecule has 0 saturated carbocycles. The second-order valence-corrected chi connectivity index (χ2v) is 5.67. The molecule has 2 unspecified atom stereocenters. The molecule has 1 saturated heterocycles. The lowest BCUT2D eigenvalue weighted by atomic mass is 9.99. The zero-order valence-corrected chi connectivity index (χ0v) is 12.6. The van der Waals surface area contributed by atoms with Crippen molar-refractivity contribution in [3.8, 4) is 0 Å². The lowest BCUT2D eigenvalue weighted by molar-refractivity contribution is 0.143. The highest BCUT2D eigenvalue weighted by Crippen LogP contribution is 2.20. The molecule has 0 spiro atoms. The van der Waals surface area contributed by atoms with Crippen LogP contribution < -0.4 is 10.6 Å². The van der Waals surface area contributed by atoms with Crippen molar-refractivity contribution in [3.05, 3.63) is 18.0 Å². The van der Waals surface area contributed by atoms with Crippen molar-refractivity contribution in [3.63, 3.8) is 0 Å². The summed E-state index contributed by atoms with van der Waals surface area (Å²) in [6.07, 6.45) is 8.07. The molecule has 1 fully saturated rings. The first-order chi connectivity index (χ1) is 9.72. The first-order valence-corrected chi connectivity index (χ1v) is 7.53. The molecule has 0 bridgehead atoms. The number of anilines is 1. The molecule has 0 amide bonds. The molecule has 5 heteroatoms. The van der Waals surface area contributed by atoms with Crippen molar-refractivity contribution >= 4 is 5.95 Å². The minimum Gasteiger partial charge on any atom is -0.384 e. The maximum Gasteiger partial charge on any atom is 0.225 e. The quantitative estimate of drug-likeness (QED) is 0.856. The average molecular weight is 278 g/mol. The van der Waals surface area contributed by atoms with Crippen LogP contribution in [0.1, 0.15) is 31.7 Å². The molecular weight excluding hydrogens is 252 g/mol. The molecule has 2 N–H and O–H groups in total. The highest BCUT2D eigenvalue weighted by atomic mass is 16.5. The zero-order valence-electron chi connectivity index (χ0n) is 12.6. The number of hydrogen-bond donors (Lipinski definition) is 1. The van der Waals surface area contributed by atoms with Gasteiger partial charge in [0.15, 0.2) is 0 Å².